The maximum atomic E-state index is 13.9. The molecule has 0 fully saturated rings. The van der Waals surface area contributed by atoms with Crippen molar-refractivity contribution in [2.24, 2.45) is 10.9 Å². The van der Waals surface area contributed by atoms with E-state index in [0.29, 0.717) is 16.8 Å². The molecule has 9 heteroatoms. The van der Waals surface area contributed by atoms with Crippen molar-refractivity contribution in [3.8, 4) is 0 Å². The minimum atomic E-state index is -0.870. The van der Waals surface area contributed by atoms with Gasteiger partial charge < -0.3 is 10.8 Å². The molecule has 0 atom stereocenters. The van der Waals surface area contributed by atoms with Gasteiger partial charge in [-0.05, 0) is 60.4 Å². The van der Waals surface area contributed by atoms with Crippen molar-refractivity contribution in [1.29, 1.82) is 0 Å². The Hall–Kier alpha value is -1.55. The van der Waals surface area contributed by atoms with E-state index in [-0.39, 0.29) is 23.8 Å². The number of primary amides is 1. The number of carbonyl (C=O) groups is 1. The largest absolute Gasteiger partial charge is 0.384 e. The van der Waals surface area contributed by atoms with Crippen LogP contribution in [0.1, 0.15) is 75.8 Å². The van der Waals surface area contributed by atoms with Crippen LogP contribution >= 0.6 is 23.3 Å². The van der Waals surface area contributed by atoms with Crippen LogP contribution in [0.2, 0.25) is 0 Å². The number of nitrogens with two attached hydrogens (primary N) is 2. The fraction of sp³-hybridized carbons (Fsp3) is 0.500. The van der Waals surface area contributed by atoms with Gasteiger partial charge in [0.05, 0.1) is 12.1 Å². The number of halogens is 2. The molecule has 0 aliphatic heterocycles. The van der Waals surface area contributed by atoms with Crippen LogP contribution < -0.4 is 10.9 Å². The zero-order valence-electron chi connectivity index (χ0n) is 17.5. The number of nitrogens with zero attached hydrogens (tertiary/aromatic N) is 1. The summed E-state index contributed by atoms with van der Waals surface area (Å²) in [5.74, 6) is -2.47. The number of thiazole rings is 1. The van der Waals surface area contributed by atoms with Gasteiger partial charge >= 0.3 is 0 Å². The van der Waals surface area contributed by atoms with Crippen LogP contribution in [0.3, 0.4) is 0 Å². The lowest BCUT2D eigenvalue weighted by Crippen LogP contribution is -2.18. The highest BCUT2D eigenvalue weighted by Crippen LogP contribution is 2.32. The van der Waals surface area contributed by atoms with Crippen LogP contribution in [0.4, 0.5) is 8.78 Å². The van der Waals surface area contributed by atoms with E-state index in [9.17, 15) is 18.7 Å². The topological polar surface area (TPSA) is 102 Å². The summed E-state index contributed by atoms with van der Waals surface area (Å²) in [6.07, 6.45) is -0.0573. The van der Waals surface area contributed by atoms with Crippen LogP contribution in [0, 0.1) is 11.6 Å². The average molecular weight is 446 g/mol. The zero-order chi connectivity index (χ0) is 22.5. The molecule has 1 heterocycles. The Morgan fingerprint density at radius 2 is 1.86 bits per heavy atom. The molecule has 0 saturated carbocycles. The Balaban J connectivity index is 0.000000326. The van der Waals surface area contributed by atoms with Gasteiger partial charge in [-0.2, -0.15) is 0 Å². The third-order valence-corrected chi connectivity index (χ3v) is 5.67. The standard InChI is InChI=1S/C14H19F2NO.C6H10N2OS2/c1-7(2)9-5-11(15)14(16)13(8(3)4)10(9)6-12(17)18;1-6(2,9)4-3-10-5(8-4)11-7/h5,7-8H,6H2,1-4H3,(H2,17,18);3,9H,7H2,1-2H3. The highest BCUT2D eigenvalue weighted by molar-refractivity contribution is 7.98. The van der Waals surface area contributed by atoms with Crippen LogP contribution in [-0.4, -0.2) is 16.0 Å². The Bertz CT molecular complexity index is 847. The normalized spacial score (nSPS) is 11.6. The fourth-order valence-corrected chi connectivity index (χ4v) is 4.01. The molecule has 5 N–H and O–H groups in total. The van der Waals surface area contributed by atoms with E-state index in [0.717, 1.165) is 16.3 Å². The van der Waals surface area contributed by atoms with Crippen LogP contribution in [0.25, 0.3) is 0 Å². The molecule has 5 nitrogen and oxygen atoms in total. The summed E-state index contributed by atoms with van der Waals surface area (Å²) in [5.41, 5.74) is 6.46. The van der Waals surface area contributed by atoms with Crippen LogP contribution in [0.5, 0.6) is 0 Å². The maximum Gasteiger partial charge on any atom is 0.221 e. The maximum absolute atomic E-state index is 13.9. The highest BCUT2D eigenvalue weighted by Gasteiger charge is 2.23. The van der Waals surface area contributed by atoms with Gasteiger partial charge in [0.25, 0.3) is 0 Å². The number of rotatable bonds is 6. The molecular weight excluding hydrogens is 416 g/mol. The third kappa shape index (κ3) is 7.02. The summed E-state index contributed by atoms with van der Waals surface area (Å²) in [7, 11) is 0. The van der Waals surface area contributed by atoms with Crippen molar-refractivity contribution in [3.63, 3.8) is 0 Å². The number of aliphatic hydroxyl groups is 1. The number of carbonyl (C=O) groups excluding carboxylic acids is 1. The predicted octanol–water partition coefficient (Wildman–Crippen LogP) is 4.58. The Morgan fingerprint density at radius 3 is 2.21 bits per heavy atom. The smallest absolute Gasteiger partial charge is 0.221 e. The highest BCUT2D eigenvalue weighted by atomic mass is 32.2. The molecule has 0 spiro atoms. The molecule has 162 valence electrons. The van der Waals surface area contributed by atoms with E-state index in [1.54, 1.807) is 27.7 Å². The van der Waals surface area contributed by atoms with Crippen molar-refractivity contribution in [1.82, 2.24) is 4.98 Å². The van der Waals surface area contributed by atoms with Gasteiger partial charge in [-0.3, -0.25) is 9.93 Å². The Kier molecular flexibility index (Phi) is 9.20. The second-order valence-corrected chi connectivity index (χ2v) is 9.52. The minimum Gasteiger partial charge on any atom is -0.384 e. The number of aromatic nitrogens is 1. The van der Waals surface area contributed by atoms with E-state index in [1.807, 2.05) is 19.2 Å². The number of hydrogen-bond acceptors (Lipinski definition) is 6. The van der Waals surface area contributed by atoms with Crippen LogP contribution in [0.15, 0.2) is 15.8 Å². The molecule has 1 aromatic heterocycles. The van der Waals surface area contributed by atoms with Gasteiger partial charge in [0.2, 0.25) is 5.91 Å². The molecular formula is C20H29F2N3O2S2. The summed E-state index contributed by atoms with van der Waals surface area (Å²) in [6, 6.07) is 1.17. The second-order valence-electron chi connectivity index (χ2n) is 7.78. The zero-order valence-corrected chi connectivity index (χ0v) is 19.2. The molecule has 0 aliphatic rings. The lowest BCUT2D eigenvalue weighted by Gasteiger charge is -2.20. The first-order valence-electron chi connectivity index (χ1n) is 9.13. The SMILES string of the molecule is CC(C)(O)c1csc(SN)n1.CC(C)c1cc(F)c(F)c(C(C)C)c1CC(N)=O. The molecule has 2 aromatic rings. The van der Waals surface area contributed by atoms with Crippen molar-refractivity contribution in [2.75, 3.05) is 0 Å². The summed E-state index contributed by atoms with van der Waals surface area (Å²) in [4.78, 5) is 15.2. The molecule has 0 aliphatic carbocycles. The Labute approximate surface area is 179 Å². The molecule has 2 rings (SSSR count). The van der Waals surface area contributed by atoms with Crippen molar-refractivity contribution in [3.05, 3.63) is 45.5 Å². The molecule has 0 bridgehead atoms. The lowest BCUT2D eigenvalue weighted by molar-refractivity contribution is -0.117. The lowest BCUT2D eigenvalue weighted by atomic mass is 9.86. The van der Waals surface area contributed by atoms with E-state index >= 15 is 0 Å². The first-order valence-corrected chi connectivity index (χ1v) is 10.9. The predicted molar refractivity (Wildman–Crippen MR) is 115 cm³/mol. The quantitative estimate of drug-likeness (QED) is 0.565. The molecule has 0 saturated heterocycles. The van der Waals surface area contributed by atoms with Gasteiger partial charge in [0, 0.05) is 5.38 Å². The van der Waals surface area contributed by atoms with E-state index in [4.69, 9.17) is 10.9 Å². The Morgan fingerprint density at radius 1 is 1.28 bits per heavy atom. The third-order valence-electron chi connectivity index (χ3n) is 4.16. The monoisotopic (exact) mass is 445 g/mol. The number of amides is 1. The summed E-state index contributed by atoms with van der Waals surface area (Å²) >= 11 is 2.55. The number of hydrogen-bond donors (Lipinski definition) is 3. The van der Waals surface area contributed by atoms with Crippen molar-refractivity contribution < 1.29 is 18.7 Å². The van der Waals surface area contributed by atoms with Gasteiger partial charge in [-0.15, -0.1) is 11.3 Å². The van der Waals surface area contributed by atoms with Gasteiger partial charge in [0.1, 0.15) is 5.60 Å². The fourth-order valence-electron chi connectivity index (χ4n) is 2.78. The molecule has 1 aromatic carbocycles. The summed E-state index contributed by atoms with van der Waals surface area (Å²) < 4.78 is 28.2. The second kappa shape index (κ2) is 10.5. The first-order chi connectivity index (χ1) is 13.3. The summed E-state index contributed by atoms with van der Waals surface area (Å²) in [5, 5.41) is 16.6. The van der Waals surface area contributed by atoms with Crippen molar-refractivity contribution in [2.45, 2.75) is 69.7 Å². The molecule has 1 amide bonds. The van der Waals surface area contributed by atoms with Gasteiger partial charge in [-0.25, -0.2) is 13.8 Å². The van der Waals surface area contributed by atoms with E-state index in [2.05, 4.69) is 4.98 Å². The number of benzene rings is 1. The molecule has 0 unspecified atom stereocenters. The van der Waals surface area contributed by atoms with E-state index in [1.165, 1.54) is 17.4 Å². The average Bonchev–Trinajstić information content (AvgIpc) is 3.07. The first kappa shape index (κ1) is 25.5. The van der Waals surface area contributed by atoms with Gasteiger partial charge in [0.15, 0.2) is 16.0 Å². The van der Waals surface area contributed by atoms with Gasteiger partial charge in [-0.1, -0.05) is 27.7 Å². The van der Waals surface area contributed by atoms with E-state index < -0.39 is 23.1 Å². The van der Waals surface area contributed by atoms with Crippen molar-refractivity contribution >= 4 is 29.2 Å². The molecule has 29 heavy (non-hydrogen) atoms. The molecule has 0 radical (unpaired) electrons. The summed E-state index contributed by atoms with van der Waals surface area (Å²) in [6.45, 7) is 10.7. The van der Waals surface area contributed by atoms with Crippen LogP contribution in [-0.2, 0) is 16.8 Å². The minimum absolute atomic E-state index is 0.00644.